The zero-order valence-corrected chi connectivity index (χ0v) is 12.1. The molecule has 0 saturated carbocycles. The average molecular weight is 354 g/mol. The molecule has 3 nitrogen and oxygen atoms in total. The van der Waals surface area contributed by atoms with Gasteiger partial charge in [0, 0.05) is 13.0 Å². The maximum atomic E-state index is 12.0. The number of carbonyl (C=O) groups is 1. The second-order valence-electron chi connectivity index (χ2n) is 3.88. The predicted octanol–water partition coefficient (Wildman–Crippen LogP) is 2.84. The Morgan fingerprint density at radius 3 is 2.67 bits per heavy atom. The van der Waals surface area contributed by atoms with E-state index in [0.29, 0.717) is 12.2 Å². The van der Waals surface area contributed by atoms with Crippen LogP contribution in [-0.2, 0) is 11.3 Å². The van der Waals surface area contributed by atoms with Gasteiger partial charge in [-0.2, -0.15) is 0 Å². The summed E-state index contributed by atoms with van der Waals surface area (Å²) < 4.78 is 7.17. The van der Waals surface area contributed by atoms with Gasteiger partial charge in [0.25, 0.3) is 0 Å². The summed E-state index contributed by atoms with van der Waals surface area (Å²) in [6, 6.07) is 13.3. The number of ether oxygens (including phenoxy) is 1. The molecule has 2 rings (SSSR count). The van der Waals surface area contributed by atoms with Crippen molar-refractivity contribution in [3.63, 3.8) is 0 Å². The molecule has 1 aromatic carbocycles. The molecule has 0 radical (unpaired) electrons. The molecule has 1 heterocycles. The number of esters is 1. The Hall–Kier alpha value is -1.43. The van der Waals surface area contributed by atoms with E-state index >= 15 is 0 Å². The van der Waals surface area contributed by atoms with E-state index in [1.807, 2.05) is 52.3 Å². The van der Waals surface area contributed by atoms with Gasteiger partial charge in [-0.3, -0.25) is 0 Å². The number of nitrogens with zero attached hydrogens (tertiary/aromatic N) is 1. The van der Waals surface area contributed by atoms with Crippen molar-refractivity contribution in [1.82, 2.24) is 0 Å². The summed E-state index contributed by atoms with van der Waals surface area (Å²) in [5.41, 5.74) is 2.47. The SMILES string of the molecule is Cc1c(C(=O)OCc2ccccc2)ccc[n+]1I. The molecular formula is C14H13INO2+. The van der Waals surface area contributed by atoms with Gasteiger partial charge in [-0.15, -0.1) is 2.78 Å². The van der Waals surface area contributed by atoms with E-state index in [0.717, 1.165) is 11.3 Å². The normalized spacial score (nSPS) is 10.1. The van der Waals surface area contributed by atoms with Crippen LogP contribution in [0.15, 0.2) is 48.7 Å². The first-order chi connectivity index (χ1) is 8.68. The molecule has 0 atom stereocenters. The van der Waals surface area contributed by atoms with Gasteiger partial charge >= 0.3 is 28.8 Å². The molecule has 0 aliphatic carbocycles. The number of hydrogen-bond acceptors (Lipinski definition) is 2. The predicted molar refractivity (Wildman–Crippen MR) is 76.4 cm³/mol. The lowest BCUT2D eigenvalue weighted by atomic mass is 10.2. The third-order valence-electron chi connectivity index (χ3n) is 2.62. The summed E-state index contributed by atoms with van der Waals surface area (Å²) >= 11 is 2.13. The van der Waals surface area contributed by atoms with Crippen molar-refractivity contribution in [2.75, 3.05) is 0 Å². The third-order valence-corrected chi connectivity index (χ3v) is 3.67. The van der Waals surface area contributed by atoms with Gasteiger partial charge in [-0.05, 0) is 11.6 Å². The Labute approximate surface area is 120 Å². The monoisotopic (exact) mass is 354 g/mol. The van der Waals surface area contributed by atoms with Crippen molar-refractivity contribution >= 4 is 28.8 Å². The van der Waals surface area contributed by atoms with Gasteiger partial charge in [0.1, 0.15) is 12.2 Å². The van der Waals surface area contributed by atoms with Crippen LogP contribution in [-0.4, -0.2) is 5.97 Å². The van der Waals surface area contributed by atoms with E-state index in [1.165, 1.54) is 0 Å². The van der Waals surface area contributed by atoms with Crippen molar-refractivity contribution < 1.29 is 12.3 Å². The molecule has 0 aliphatic heterocycles. The van der Waals surface area contributed by atoms with E-state index in [1.54, 1.807) is 6.07 Å². The Balaban J connectivity index is 2.07. The van der Waals surface area contributed by atoms with Crippen LogP contribution in [0.5, 0.6) is 0 Å². The highest BCUT2D eigenvalue weighted by Gasteiger charge is 2.17. The van der Waals surface area contributed by atoms with E-state index in [2.05, 4.69) is 22.9 Å². The van der Waals surface area contributed by atoms with Crippen LogP contribution >= 0.6 is 22.9 Å². The molecule has 2 aromatic rings. The maximum Gasteiger partial charge on any atom is 0.354 e. The highest BCUT2D eigenvalue weighted by molar-refractivity contribution is 14.1. The molecule has 18 heavy (non-hydrogen) atoms. The summed E-state index contributed by atoms with van der Waals surface area (Å²) in [5, 5.41) is 0. The summed E-state index contributed by atoms with van der Waals surface area (Å²) in [7, 11) is 0. The molecule has 0 spiro atoms. The van der Waals surface area contributed by atoms with E-state index in [9.17, 15) is 4.79 Å². The molecule has 0 bridgehead atoms. The Morgan fingerprint density at radius 1 is 1.22 bits per heavy atom. The summed E-state index contributed by atoms with van der Waals surface area (Å²) in [6.07, 6.45) is 1.89. The highest BCUT2D eigenvalue weighted by Crippen LogP contribution is 2.08. The zero-order valence-electron chi connectivity index (χ0n) is 9.97. The maximum absolute atomic E-state index is 12.0. The quantitative estimate of drug-likeness (QED) is 0.627. The van der Waals surface area contributed by atoms with E-state index in [-0.39, 0.29) is 5.97 Å². The second kappa shape index (κ2) is 5.95. The minimum Gasteiger partial charge on any atom is -0.457 e. The van der Waals surface area contributed by atoms with Crippen molar-refractivity contribution in [2.45, 2.75) is 13.5 Å². The van der Waals surface area contributed by atoms with Crippen molar-refractivity contribution in [3.8, 4) is 0 Å². The van der Waals surface area contributed by atoms with Gasteiger partial charge in [0.15, 0.2) is 6.20 Å². The first kappa shape index (κ1) is 13.0. The largest absolute Gasteiger partial charge is 0.457 e. The first-order valence-electron chi connectivity index (χ1n) is 5.57. The van der Waals surface area contributed by atoms with Crippen LogP contribution in [0.2, 0.25) is 0 Å². The molecule has 0 unspecified atom stereocenters. The topological polar surface area (TPSA) is 30.2 Å². The highest BCUT2D eigenvalue weighted by atomic mass is 127. The van der Waals surface area contributed by atoms with Gasteiger partial charge in [-0.25, -0.2) is 4.79 Å². The van der Waals surface area contributed by atoms with Crippen molar-refractivity contribution in [2.24, 2.45) is 0 Å². The van der Waals surface area contributed by atoms with Crippen LogP contribution < -0.4 is 2.78 Å². The fourth-order valence-electron chi connectivity index (χ4n) is 1.58. The van der Waals surface area contributed by atoms with Crippen LogP contribution in [0, 0.1) is 6.92 Å². The molecule has 1 aromatic heterocycles. The lowest BCUT2D eigenvalue weighted by Gasteiger charge is -2.05. The van der Waals surface area contributed by atoms with Crippen molar-refractivity contribution in [1.29, 1.82) is 0 Å². The number of benzene rings is 1. The minimum absolute atomic E-state index is 0.289. The third kappa shape index (κ3) is 3.07. The smallest absolute Gasteiger partial charge is 0.354 e. The van der Waals surface area contributed by atoms with Crippen LogP contribution in [0.3, 0.4) is 0 Å². The second-order valence-corrected chi connectivity index (χ2v) is 4.92. The fraction of sp³-hybridized carbons (Fsp3) is 0.143. The molecule has 0 saturated heterocycles. The number of rotatable bonds is 3. The summed E-state index contributed by atoms with van der Waals surface area (Å²) in [4.78, 5) is 12.0. The molecule has 0 N–H and O–H groups in total. The average Bonchev–Trinajstić information content (AvgIpc) is 2.40. The number of hydrogen-bond donors (Lipinski definition) is 0. The van der Waals surface area contributed by atoms with Crippen LogP contribution in [0.4, 0.5) is 0 Å². The van der Waals surface area contributed by atoms with Crippen LogP contribution in [0.25, 0.3) is 0 Å². The summed E-state index contributed by atoms with van der Waals surface area (Å²) in [6.45, 7) is 2.20. The van der Waals surface area contributed by atoms with Gasteiger partial charge in [-0.1, -0.05) is 30.3 Å². The Morgan fingerprint density at radius 2 is 1.94 bits per heavy atom. The number of carbonyl (C=O) groups excluding carboxylic acids is 1. The molecule has 0 fully saturated rings. The van der Waals surface area contributed by atoms with Gasteiger partial charge in [0.2, 0.25) is 5.69 Å². The summed E-state index contributed by atoms with van der Waals surface area (Å²) in [5.74, 6) is -0.289. The molecule has 0 amide bonds. The molecular weight excluding hydrogens is 341 g/mol. The molecule has 0 aliphatic rings. The van der Waals surface area contributed by atoms with Gasteiger partial charge < -0.3 is 4.74 Å². The minimum atomic E-state index is -0.289. The zero-order chi connectivity index (χ0) is 13.0. The number of pyridine rings is 1. The molecule has 92 valence electrons. The number of halogens is 1. The van der Waals surface area contributed by atoms with Gasteiger partial charge in [0.05, 0.1) is 0 Å². The van der Waals surface area contributed by atoms with Crippen molar-refractivity contribution in [3.05, 3.63) is 65.5 Å². The number of aromatic nitrogens is 1. The van der Waals surface area contributed by atoms with Crippen LogP contribution in [0.1, 0.15) is 21.6 Å². The van der Waals surface area contributed by atoms with E-state index < -0.39 is 0 Å². The Kier molecular flexibility index (Phi) is 4.30. The Bertz CT molecular complexity index is 555. The van der Waals surface area contributed by atoms with E-state index in [4.69, 9.17) is 4.74 Å². The lowest BCUT2D eigenvalue weighted by Crippen LogP contribution is -2.26. The standard InChI is InChI=1S/C14H13INO2/c1-11-13(8-5-9-16(11)15)14(17)18-10-12-6-3-2-4-7-12/h2-9H,10H2,1H3/q+1. The fourth-order valence-corrected chi connectivity index (χ4v) is 2.02. The lowest BCUT2D eigenvalue weighted by molar-refractivity contribution is -0.449. The molecule has 4 heteroatoms. The first-order valence-corrected chi connectivity index (χ1v) is 6.53.